The van der Waals surface area contributed by atoms with Gasteiger partial charge in [0, 0.05) is 37.2 Å². The number of aromatic nitrogens is 1. The molecule has 174 valence electrons. The van der Waals surface area contributed by atoms with Gasteiger partial charge in [0.1, 0.15) is 5.75 Å². The van der Waals surface area contributed by atoms with E-state index >= 15 is 0 Å². The molecule has 0 atom stereocenters. The van der Waals surface area contributed by atoms with Crippen LogP contribution >= 0.6 is 11.6 Å². The molecule has 10 heteroatoms. The van der Waals surface area contributed by atoms with Gasteiger partial charge in [0.05, 0.1) is 41.5 Å². The van der Waals surface area contributed by atoms with Crippen molar-refractivity contribution in [3.8, 4) is 11.4 Å². The van der Waals surface area contributed by atoms with Crippen molar-refractivity contribution >= 4 is 33.2 Å². The van der Waals surface area contributed by atoms with Gasteiger partial charge in [-0.05, 0) is 42.8 Å². The summed E-state index contributed by atoms with van der Waals surface area (Å²) in [5.41, 5.74) is 2.02. The number of carbonyl (C=O) groups is 1. The van der Waals surface area contributed by atoms with Crippen LogP contribution in [0.4, 0.5) is 5.69 Å². The number of halogens is 1. The summed E-state index contributed by atoms with van der Waals surface area (Å²) >= 11 is 6.45. The van der Waals surface area contributed by atoms with Gasteiger partial charge in [-0.3, -0.25) is 4.79 Å². The van der Waals surface area contributed by atoms with Crippen LogP contribution in [0.5, 0.6) is 5.75 Å². The molecular weight excluding hydrogens is 466 g/mol. The smallest absolute Gasteiger partial charge is 0.259 e. The lowest BCUT2D eigenvalue weighted by Crippen LogP contribution is -2.40. The second kappa shape index (κ2) is 9.56. The lowest BCUT2D eigenvalue weighted by Gasteiger charge is -2.26. The van der Waals surface area contributed by atoms with Crippen LogP contribution in [0, 0.1) is 6.92 Å². The highest BCUT2D eigenvalue weighted by molar-refractivity contribution is 7.89. The number of carbonyl (C=O) groups excluding carboxylic acids is 1. The molecule has 1 N–H and O–H groups in total. The summed E-state index contributed by atoms with van der Waals surface area (Å²) < 4.78 is 39.9. The number of amides is 1. The number of nitrogens with one attached hydrogen (secondary N) is 1. The van der Waals surface area contributed by atoms with Crippen molar-refractivity contribution in [2.45, 2.75) is 11.8 Å². The third-order valence-corrected chi connectivity index (χ3v) is 7.66. The lowest BCUT2D eigenvalue weighted by atomic mass is 10.1. The van der Waals surface area contributed by atoms with Gasteiger partial charge >= 0.3 is 0 Å². The van der Waals surface area contributed by atoms with Crippen molar-refractivity contribution in [1.29, 1.82) is 0 Å². The number of benzene rings is 2. The van der Waals surface area contributed by atoms with Gasteiger partial charge in [-0.15, -0.1) is 0 Å². The minimum absolute atomic E-state index is 0.109. The van der Waals surface area contributed by atoms with Crippen molar-refractivity contribution in [2.24, 2.45) is 0 Å². The maximum absolute atomic E-state index is 13.1. The number of hydrogen-bond donors (Lipinski definition) is 1. The van der Waals surface area contributed by atoms with E-state index in [0.29, 0.717) is 48.5 Å². The van der Waals surface area contributed by atoms with E-state index in [4.69, 9.17) is 21.1 Å². The number of hydrogen-bond acceptors (Lipinski definition) is 5. The van der Waals surface area contributed by atoms with E-state index in [1.54, 1.807) is 25.1 Å². The van der Waals surface area contributed by atoms with Gasteiger partial charge in [0.25, 0.3) is 5.91 Å². The predicted octanol–water partition coefficient (Wildman–Crippen LogP) is 3.72. The molecule has 0 unspecified atom stereocenters. The minimum atomic E-state index is -3.70. The summed E-state index contributed by atoms with van der Waals surface area (Å²) in [7, 11) is -2.23. The molecule has 2 aromatic carbocycles. The van der Waals surface area contributed by atoms with Crippen LogP contribution < -0.4 is 10.1 Å². The first kappa shape index (κ1) is 23.3. The quantitative estimate of drug-likeness (QED) is 0.570. The van der Waals surface area contributed by atoms with Crippen LogP contribution in [0.3, 0.4) is 0 Å². The number of aryl methyl sites for hydroxylation is 1. The lowest BCUT2D eigenvalue weighted by molar-refractivity contribution is 0.0730. The zero-order chi connectivity index (χ0) is 23.6. The van der Waals surface area contributed by atoms with E-state index < -0.39 is 15.9 Å². The highest BCUT2D eigenvalue weighted by Gasteiger charge is 2.27. The molecule has 3 aromatic rings. The Balaban J connectivity index is 1.64. The average molecular weight is 490 g/mol. The van der Waals surface area contributed by atoms with Crippen LogP contribution in [0.1, 0.15) is 15.9 Å². The highest BCUT2D eigenvalue weighted by atomic mass is 35.5. The van der Waals surface area contributed by atoms with Crippen LogP contribution in [0.15, 0.2) is 59.8 Å². The first-order chi connectivity index (χ1) is 15.8. The first-order valence-corrected chi connectivity index (χ1v) is 12.1. The van der Waals surface area contributed by atoms with E-state index in [0.717, 1.165) is 5.56 Å². The fourth-order valence-corrected chi connectivity index (χ4v) is 5.30. The maximum atomic E-state index is 13.1. The Morgan fingerprint density at radius 3 is 2.48 bits per heavy atom. The number of sulfonamides is 1. The van der Waals surface area contributed by atoms with Gasteiger partial charge in [-0.25, -0.2) is 8.42 Å². The Bertz CT molecular complexity index is 1270. The third-order valence-electron chi connectivity index (χ3n) is 5.46. The van der Waals surface area contributed by atoms with E-state index in [9.17, 15) is 13.2 Å². The van der Waals surface area contributed by atoms with E-state index in [1.807, 2.05) is 29.1 Å². The molecule has 1 saturated heterocycles. The second-order valence-electron chi connectivity index (χ2n) is 7.54. The number of rotatable bonds is 6. The second-order valence-corrected chi connectivity index (χ2v) is 9.89. The monoisotopic (exact) mass is 489 g/mol. The number of nitrogens with zero attached hydrogens (tertiary/aromatic N) is 2. The molecule has 33 heavy (non-hydrogen) atoms. The molecule has 4 rings (SSSR count). The Morgan fingerprint density at radius 1 is 1.12 bits per heavy atom. The van der Waals surface area contributed by atoms with Crippen LogP contribution in [0.25, 0.3) is 5.69 Å². The van der Waals surface area contributed by atoms with Crippen molar-refractivity contribution in [2.75, 3.05) is 38.7 Å². The predicted molar refractivity (Wildman–Crippen MR) is 126 cm³/mol. The zero-order valence-electron chi connectivity index (χ0n) is 18.2. The Hall–Kier alpha value is -2.85. The Kier molecular flexibility index (Phi) is 6.76. The van der Waals surface area contributed by atoms with Gasteiger partial charge in [-0.2, -0.15) is 4.31 Å². The van der Waals surface area contributed by atoms with Crippen molar-refractivity contribution in [3.63, 3.8) is 0 Å². The molecule has 0 spiro atoms. The molecule has 8 nitrogen and oxygen atoms in total. The summed E-state index contributed by atoms with van der Waals surface area (Å²) in [6.07, 6.45) is 3.67. The Morgan fingerprint density at radius 2 is 1.82 bits per heavy atom. The minimum Gasteiger partial charge on any atom is -0.496 e. The topological polar surface area (TPSA) is 89.9 Å². The molecule has 1 aromatic heterocycles. The summed E-state index contributed by atoms with van der Waals surface area (Å²) in [4.78, 5) is 13.2. The molecule has 0 bridgehead atoms. The summed E-state index contributed by atoms with van der Waals surface area (Å²) in [5, 5.41) is 3.18. The first-order valence-electron chi connectivity index (χ1n) is 10.3. The van der Waals surface area contributed by atoms with Crippen LogP contribution in [0.2, 0.25) is 5.02 Å². The van der Waals surface area contributed by atoms with Gasteiger partial charge in [0.2, 0.25) is 10.0 Å². The fourth-order valence-electron chi connectivity index (χ4n) is 3.60. The summed E-state index contributed by atoms with van der Waals surface area (Å²) in [6, 6.07) is 11.6. The summed E-state index contributed by atoms with van der Waals surface area (Å²) in [5.74, 6) is -0.118. The van der Waals surface area contributed by atoms with Crippen molar-refractivity contribution < 1.29 is 22.7 Å². The molecular formula is C23H24ClN3O5S. The molecule has 1 aliphatic rings. The van der Waals surface area contributed by atoms with E-state index in [1.165, 1.54) is 23.5 Å². The third kappa shape index (κ3) is 4.77. The highest BCUT2D eigenvalue weighted by Crippen LogP contribution is 2.31. The SMILES string of the molecule is COc1cc(-n2cccc2)c(Cl)cc1C(=O)Nc1cc(S(=O)(=O)N2CCOCC2)ccc1C. The van der Waals surface area contributed by atoms with Crippen molar-refractivity contribution in [3.05, 3.63) is 71.0 Å². The molecule has 0 aliphatic carbocycles. The molecule has 1 fully saturated rings. The van der Waals surface area contributed by atoms with Crippen LogP contribution in [-0.2, 0) is 14.8 Å². The Labute approximate surface area is 197 Å². The average Bonchev–Trinajstić information content (AvgIpc) is 3.35. The standard InChI is InChI=1S/C23H24ClN3O5S/c1-16-5-6-17(33(29,30)27-9-11-32-12-10-27)13-20(16)25-23(28)18-14-19(24)21(15-22(18)31-2)26-7-3-4-8-26/h3-8,13-15H,9-12H2,1-2H3,(H,25,28). The number of anilines is 1. The van der Waals surface area contributed by atoms with Gasteiger partial charge in [-0.1, -0.05) is 17.7 Å². The summed E-state index contributed by atoms with van der Waals surface area (Å²) in [6.45, 7) is 3.09. The van der Waals surface area contributed by atoms with Gasteiger partial charge in [0.15, 0.2) is 0 Å². The molecule has 2 heterocycles. The number of morpholine rings is 1. The number of methoxy groups -OCH3 is 1. The number of ether oxygens (including phenoxy) is 2. The molecule has 0 saturated carbocycles. The van der Waals surface area contributed by atoms with E-state index in [-0.39, 0.29) is 10.5 Å². The normalized spacial score (nSPS) is 14.8. The molecule has 1 amide bonds. The maximum Gasteiger partial charge on any atom is 0.259 e. The van der Waals surface area contributed by atoms with Gasteiger partial charge < -0.3 is 19.4 Å². The molecule has 1 aliphatic heterocycles. The zero-order valence-corrected chi connectivity index (χ0v) is 19.8. The fraction of sp³-hybridized carbons (Fsp3) is 0.261. The molecule has 0 radical (unpaired) electrons. The van der Waals surface area contributed by atoms with E-state index in [2.05, 4.69) is 5.32 Å². The van der Waals surface area contributed by atoms with Crippen molar-refractivity contribution in [1.82, 2.24) is 8.87 Å². The van der Waals surface area contributed by atoms with Crippen LogP contribution in [-0.4, -0.2) is 56.6 Å². The largest absolute Gasteiger partial charge is 0.496 e.